The summed E-state index contributed by atoms with van der Waals surface area (Å²) in [5.74, 6) is 0.691. The lowest BCUT2D eigenvalue weighted by Crippen LogP contribution is -2.86. The van der Waals surface area contributed by atoms with Crippen molar-refractivity contribution in [2.24, 2.45) is 0 Å². The number of hydrogen-bond acceptors (Lipinski definition) is 2. The van der Waals surface area contributed by atoms with Crippen LogP contribution in [-0.4, -0.2) is 9.97 Å². The van der Waals surface area contributed by atoms with Gasteiger partial charge in [0.05, 0.1) is 10.9 Å². The first kappa shape index (κ1) is 18.1. The van der Waals surface area contributed by atoms with E-state index >= 15 is 0 Å². The van der Waals surface area contributed by atoms with Gasteiger partial charge >= 0.3 is 0 Å². The lowest BCUT2D eigenvalue weighted by atomic mass is 9.97. The number of H-pyrrole nitrogens is 1. The molecule has 4 rings (SSSR count). The van der Waals surface area contributed by atoms with Crippen LogP contribution in [0.5, 0.6) is 0 Å². The van der Waals surface area contributed by atoms with Gasteiger partial charge in [0.2, 0.25) is 0 Å². The molecule has 0 aliphatic carbocycles. The number of aromatic amines is 1. The van der Waals surface area contributed by atoms with Crippen LogP contribution in [0.25, 0.3) is 10.9 Å². The summed E-state index contributed by atoms with van der Waals surface area (Å²) in [6, 6.07) is 26.6. The fourth-order valence-corrected chi connectivity index (χ4v) is 3.55. The van der Waals surface area contributed by atoms with Gasteiger partial charge in [-0.2, -0.15) is 0 Å². The molecular weight excluding hydrogens is 346 g/mol. The van der Waals surface area contributed by atoms with Crippen molar-refractivity contribution in [1.29, 1.82) is 0 Å². The van der Waals surface area contributed by atoms with Crippen molar-refractivity contribution in [3.63, 3.8) is 0 Å². The van der Waals surface area contributed by atoms with Crippen molar-refractivity contribution in [3.8, 4) is 0 Å². The molecule has 0 spiro atoms. The second-order valence-corrected chi connectivity index (χ2v) is 7.25. The largest absolute Gasteiger partial charge is 0.328 e. The summed E-state index contributed by atoms with van der Waals surface area (Å²) in [6.07, 6.45) is 0. The van der Waals surface area contributed by atoms with Gasteiger partial charge < -0.3 is 10.3 Å². The van der Waals surface area contributed by atoms with E-state index in [-0.39, 0.29) is 17.6 Å². The number of benzene rings is 3. The molecule has 28 heavy (non-hydrogen) atoms. The number of rotatable bonds is 5. The van der Waals surface area contributed by atoms with E-state index < -0.39 is 0 Å². The molecule has 3 N–H and O–H groups in total. The van der Waals surface area contributed by atoms with Gasteiger partial charge in [-0.1, -0.05) is 72.3 Å². The van der Waals surface area contributed by atoms with E-state index in [0.29, 0.717) is 11.2 Å². The second kappa shape index (κ2) is 7.79. The van der Waals surface area contributed by atoms with Crippen LogP contribution >= 0.6 is 0 Å². The second-order valence-electron chi connectivity index (χ2n) is 7.25. The average molecular weight is 370 g/mol. The van der Waals surface area contributed by atoms with Gasteiger partial charge in [-0.3, -0.25) is 4.79 Å². The summed E-state index contributed by atoms with van der Waals surface area (Å²) >= 11 is 0. The van der Waals surface area contributed by atoms with Crippen LogP contribution in [0.15, 0.2) is 83.7 Å². The highest BCUT2D eigenvalue weighted by Gasteiger charge is 2.23. The normalized spacial score (nSPS) is 13.4. The fourth-order valence-electron chi connectivity index (χ4n) is 3.55. The molecule has 4 heteroatoms. The monoisotopic (exact) mass is 370 g/mol. The Hall–Kier alpha value is -3.24. The van der Waals surface area contributed by atoms with Crippen LogP contribution in [-0.2, 0) is 0 Å². The number of hydrogen-bond donors (Lipinski definition) is 2. The van der Waals surface area contributed by atoms with E-state index in [2.05, 4.69) is 72.7 Å². The number of para-hydroxylation sites is 1. The predicted octanol–water partition coefficient (Wildman–Crippen LogP) is 3.65. The highest BCUT2D eigenvalue weighted by Crippen LogP contribution is 2.20. The van der Waals surface area contributed by atoms with Gasteiger partial charge in [0.1, 0.15) is 12.1 Å². The van der Waals surface area contributed by atoms with Crippen LogP contribution in [0.4, 0.5) is 0 Å². The molecule has 0 fully saturated rings. The summed E-state index contributed by atoms with van der Waals surface area (Å²) in [5, 5.41) is 2.88. The minimum absolute atomic E-state index is 0.0104. The molecule has 140 valence electrons. The molecule has 0 aliphatic rings. The van der Waals surface area contributed by atoms with Crippen molar-refractivity contribution in [2.45, 2.75) is 25.9 Å². The first-order valence-corrected chi connectivity index (χ1v) is 9.57. The molecule has 0 amide bonds. The minimum atomic E-state index is -0.0903. The zero-order chi connectivity index (χ0) is 19.5. The van der Waals surface area contributed by atoms with Gasteiger partial charge in [-0.15, -0.1) is 0 Å². The smallest absolute Gasteiger partial charge is 0.258 e. The number of nitrogens with two attached hydrogens (primary N) is 1. The summed E-state index contributed by atoms with van der Waals surface area (Å²) in [7, 11) is 0. The van der Waals surface area contributed by atoms with Crippen molar-refractivity contribution in [3.05, 3.63) is 112 Å². The van der Waals surface area contributed by atoms with Crippen LogP contribution in [0.1, 0.15) is 41.5 Å². The minimum Gasteiger partial charge on any atom is -0.328 e. The number of nitrogens with one attached hydrogen (secondary N) is 1. The molecule has 4 nitrogen and oxygen atoms in total. The number of aromatic nitrogens is 2. The van der Waals surface area contributed by atoms with E-state index in [0.717, 1.165) is 5.52 Å². The molecule has 0 radical (unpaired) electrons. The molecule has 2 atom stereocenters. The topological polar surface area (TPSA) is 62.4 Å². The fraction of sp³-hybridized carbons (Fsp3) is 0.167. The number of quaternary nitrogens is 1. The third-order valence-corrected chi connectivity index (χ3v) is 5.14. The van der Waals surface area contributed by atoms with Crippen LogP contribution in [0, 0.1) is 6.92 Å². The average Bonchev–Trinajstić information content (AvgIpc) is 2.73. The summed E-state index contributed by atoms with van der Waals surface area (Å²) in [6.45, 7) is 4.18. The number of aryl methyl sites for hydroxylation is 1. The van der Waals surface area contributed by atoms with Gasteiger partial charge in [-0.05, 0) is 26.0 Å². The van der Waals surface area contributed by atoms with E-state index in [1.54, 1.807) is 6.07 Å². The zero-order valence-corrected chi connectivity index (χ0v) is 16.1. The Morgan fingerprint density at radius 3 is 2.25 bits per heavy atom. The van der Waals surface area contributed by atoms with Crippen LogP contribution in [0.3, 0.4) is 0 Å². The standard InChI is InChI=1S/C24H23N3O/c1-16-12-14-19(15-13-16)22(18-8-4-3-5-9-18)25-17(2)23-26-21-11-7-6-10-20(21)24(28)27-23/h3-15,17,22,25H,1-2H3,(H,26,27,28)/p+1/t17-,22-/m0/s1. The molecule has 0 aliphatic heterocycles. The Morgan fingerprint density at radius 2 is 1.50 bits per heavy atom. The van der Waals surface area contributed by atoms with Crippen LogP contribution < -0.4 is 10.9 Å². The SMILES string of the molecule is Cc1ccc([C@@H]([NH2+][C@@H](C)c2nc3ccccc3c(=O)[nH]2)c2ccccc2)cc1. The van der Waals surface area contributed by atoms with Crippen LogP contribution in [0.2, 0.25) is 0 Å². The molecule has 0 bridgehead atoms. The quantitative estimate of drug-likeness (QED) is 0.563. The number of fused-ring (bicyclic) bond motifs is 1. The molecule has 0 saturated heterocycles. The Balaban J connectivity index is 1.70. The van der Waals surface area contributed by atoms with Gasteiger partial charge in [0, 0.05) is 11.1 Å². The number of nitrogens with zero attached hydrogens (tertiary/aromatic N) is 1. The summed E-state index contributed by atoms with van der Waals surface area (Å²) in [4.78, 5) is 20.1. The molecule has 1 heterocycles. The summed E-state index contributed by atoms with van der Waals surface area (Å²) in [5.41, 5.74) is 4.33. The van der Waals surface area contributed by atoms with Gasteiger partial charge in [0.25, 0.3) is 5.56 Å². The molecule has 4 aromatic rings. The van der Waals surface area contributed by atoms with Gasteiger partial charge in [-0.25, -0.2) is 4.98 Å². The molecule has 0 saturated carbocycles. The Morgan fingerprint density at radius 1 is 0.857 bits per heavy atom. The lowest BCUT2D eigenvalue weighted by Gasteiger charge is -2.21. The molecule has 3 aromatic carbocycles. The van der Waals surface area contributed by atoms with Crippen molar-refractivity contribution < 1.29 is 5.32 Å². The highest BCUT2D eigenvalue weighted by molar-refractivity contribution is 5.77. The Kier molecular flexibility index (Phi) is 5.04. The first-order chi connectivity index (χ1) is 13.6. The molecular formula is C24H24N3O+. The molecule has 1 aromatic heterocycles. The summed E-state index contributed by atoms with van der Waals surface area (Å²) < 4.78 is 0. The third kappa shape index (κ3) is 3.73. The van der Waals surface area contributed by atoms with Crippen molar-refractivity contribution in [2.75, 3.05) is 0 Å². The van der Waals surface area contributed by atoms with E-state index in [9.17, 15) is 4.79 Å². The first-order valence-electron chi connectivity index (χ1n) is 9.57. The van der Waals surface area contributed by atoms with E-state index in [4.69, 9.17) is 4.98 Å². The lowest BCUT2D eigenvalue weighted by molar-refractivity contribution is -0.724. The maximum Gasteiger partial charge on any atom is 0.258 e. The van der Waals surface area contributed by atoms with Crippen molar-refractivity contribution >= 4 is 10.9 Å². The third-order valence-electron chi connectivity index (χ3n) is 5.14. The van der Waals surface area contributed by atoms with E-state index in [1.807, 2.05) is 24.3 Å². The Bertz CT molecular complexity index is 1130. The maximum atomic E-state index is 12.5. The van der Waals surface area contributed by atoms with E-state index in [1.165, 1.54) is 16.7 Å². The maximum absolute atomic E-state index is 12.5. The van der Waals surface area contributed by atoms with Crippen molar-refractivity contribution in [1.82, 2.24) is 9.97 Å². The molecule has 0 unspecified atom stereocenters. The highest BCUT2D eigenvalue weighted by atomic mass is 16.1. The zero-order valence-electron chi connectivity index (χ0n) is 16.1. The predicted molar refractivity (Wildman–Crippen MR) is 112 cm³/mol. The Labute approximate surface area is 164 Å². The van der Waals surface area contributed by atoms with Gasteiger partial charge in [0.15, 0.2) is 5.82 Å².